The van der Waals surface area contributed by atoms with Gasteiger partial charge in [0.15, 0.2) is 0 Å². The second-order valence-corrected chi connectivity index (χ2v) is 3.15. The largest absolute Gasteiger partial charge is 0.398 e. The topological polar surface area (TPSA) is 49.9 Å². The molecule has 0 aromatic heterocycles. The number of nitrogens with one attached hydrogen (secondary N) is 1. The Balaban J connectivity index is 0.000000791. The molecule has 14 heavy (non-hydrogen) atoms. The van der Waals surface area contributed by atoms with E-state index in [0.29, 0.717) is 11.4 Å². The molecular weight excluding hydrogens is 172 g/mol. The molecule has 0 unspecified atom stereocenters. The Morgan fingerprint density at radius 2 is 1.57 bits per heavy atom. The Morgan fingerprint density at radius 1 is 1.14 bits per heavy atom. The van der Waals surface area contributed by atoms with E-state index in [0.717, 1.165) is 5.56 Å². The molecule has 0 heterocycles. The van der Waals surface area contributed by atoms with Crippen LogP contribution in [0.1, 0.15) is 37.5 Å². The maximum absolute atomic E-state index is 7.46. The smallest absolute Gasteiger partial charge is 0.0408 e. The monoisotopic (exact) mass is 192 g/mol. The van der Waals surface area contributed by atoms with Gasteiger partial charge in [-0.1, -0.05) is 13.8 Å². The quantitative estimate of drug-likeness (QED) is 0.520. The third-order valence-corrected chi connectivity index (χ3v) is 2.07. The zero-order valence-corrected chi connectivity index (χ0v) is 9.73. The zero-order chi connectivity index (χ0) is 11.3. The van der Waals surface area contributed by atoms with E-state index in [9.17, 15) is 0 Å². The number of nitrogen functional groups attached to an aromatic ring is 1. The van der Waals surface area contributed by atoms with Crippen molar-refractivity contribution >= 4 is 11.4 Å². The number of rotatable bonds is 1. The summed E-state index contributed by atoms with van der Waals surface area (Å²) in [5, 5.41) is 7.46. The Morgan fingerprint density at radius 3 is 2.00 bits per heavy atom. The fraction of sp³-hybridized carbons (Fsp3) is 0.417. The van der Waals surface area contributed by atoms with Gasteiger partial charge in [0.1, 0.15) is 0 Å². The van der Waals surface area contributed by atoms with Gasteiger partial charge in [-0.25, -0.2) is 0 Å². The molecule has 0 aliphatic carbocycles. The molecule has 0 spiro atoms. The maximum atomic E-state index is 7.46. The van der Waals surface area contributed by atoms with Crippen LogP contribution in [-0.4, -0.2) is 5.71 Å². The number of hydrogen-bond acceptors (Lipinski definition) is 2. The SMILES string of the molecule is CC.CC(=N)c1cc(C)c(C)cc1N. The first-order valence-corrected chi connectivity index (χ1v) is 4.94. The standard InChI is InChI=1S/C10H14N2.C2H6/c1-6-4-9(8(3)11)10(12)5-7(6)2;1-2/h4-5,11H,12H2,1-3H3;1-2H3. The summed E-state index contributed by atoms with van der Waals surface area (Å²) in [6, 6.07) is 3.88. The Bertz CT molecular complexity index is 327. The highest BCUT2D eigenvalue weighted by Gasteiger charge is 2.03. The molecular formula is C12H20N2. The van der Waals surface area contributed by atoms with E-state index < -0.39 is 0 Å². The lowest BCUT2D eigenvalue weighted by Crippen LogP contribution is -2.01. The molecule has 0 saturated heterocycles. The molecule has 3 N–H and O–H groups in total. The molecule has 0 bridgehead atoms. The first-order valence-electron chi connectivity index (χ1n) is 4.94. The van der Waals surface area contributed by atoms with E-state index in [1.807, 2.05) is 39.8 Å². The van der Waals surface area contributed by atoms with Gasteiger partial charge in [0.05, 0.1) is 0 Å². The van der Waals surface area contributed by atoms with Gasteiger partial charge < -0.3 is 11.1 Å². The van der Waals surface area contributed by atoms with E-state index >= 15 is 0 Å². The molecule has 0 atom stereocenters. The Hall–Kier alpha value is -1.31. The highest BCUT2D eigenvalue weighted by Crippen LogP contribution is 2.17. The lowest BCUT2D eigenvalue weighted by atomic mass is 10.0. The molecule has 1 aromatic carbocycles. The first kappa shape index (κ1) is 12.7. The van der Waals surface area contributed by atoms with E-state index in [1.165, 1.54) is 11.1 Å². The molecule has 0 amide bonds. The molecule has 1 aromatic rings. The van der Waals surface area contributed by atoms with Crippen LogP contribution in [0.4, 0.5) is 5.69 Å². The van der Waals surface area contributed by atoms with Crippen LogP contribution in [0.25, 0.3) is 0 Å². The highest BCUT2D eigenvalue weighted by atomic mass is 14.6. The molecule has 2 heteroatoms. The van der Waals surface area contributed by atoms with Crippen LogP contribution in [-0.2, 0) is 0 Å². The predicted molar refractivity (Wildman–Crippen MR) is 64.2 cm³/mol. The van der Waals surface area contributed by atoms with Crippen LogP contribution >= 0.6 is 0 Å². The average molecular weight is 192 g/mol. The fourth-order valence-electron chi connectivity index (χ4n) is 1.16. The molecule has 2 nitrogen and oxygen atoms in total. The molecule has 0 fully saturated rings. The van der Waals surface area contributed by atoms with Crippen molar-refractivity contribution in [2.75, 3.05) is 5.73 Å². The van der Waals surface area contributed by atoms with Gasteiger partial charge in [-0.15, -0.1) is 0 Å². The van der Waals surface area contributed by atoms with Crippen molar-refractivity contribution in [2.45, 2.75) is 34.6 Å². The molecule has 0 saturated carbocycles. The Labute approximate surface area is 86.7 Å². The van der Waals surface area contributed by atoms with Crippen molar-refractivity contribution in [2.24, 2.45) is 0 Å². The average Bonchev–Trinajstić information content (AvgIpc) is 2.14. The van der Waals surface area contributed by atoms with E-state index in [1.54, 1.807) is 6.92 Å². The number of aryl methyl sites for hydroxylation is 2. The summed E-state index contributed by atoms with van der Waals surface area (Å²) in [5.41, 5.74) is 10.2. The lowest BCUT2D eigenvalue weighted by Gasteiger charge is -2.07. The van der Waals surface area contributed by atoms with Gasteiger partial charge >= 0.3 is 0 Å². The van der Waals surface area contributed by atoms with Crippen molar-refractivity contribution in [3.8, 4) is 0 Å². The van der Waals surface area contributed by atoms with Crippen LogP contribution < -0.4 is 5.73 Å². The number of benzene rings is 1. The van der Waals surface area contributed by atoms with Gasteiger partial charge in [-0.2, -0.15) is 0 Å². The van der Waals surface area contributed by atoms with Crippen molar-refractivity contribution < 1.29 is 0 Å². The lowest BCUT2D eigenvalue weighted by molar-refractivity contribution is 1.32. The highest BCUT2D eigenvalue weighted by molar-refractivity contribution is 6.01. The summed E-state index contributed by atoms with van der Waals surface area (Å²) in [5.74, 6) is 0. The number of anilines is 1. The molecule has 0 aliphatic heterocycles. The number of hydrogen-bond donors (Lipinski definition) is 2. The minimum atomic E-state index is 0.524. The molecule has 0 aliphatic rings. The fourth-order valence-corrected chi connectivity index (χ4v) is 1.16. The minimum absolute atomic E-state index is 0.524. The van der Waals surface area contributed by atoms with Crippen LogP contribution in [0.15, 0.2) is 12.1 Å². The minimum Gasteiger partial charge on any atom is -0.398 e. The van der Waals surface area contributed by atoms with Crippen LogP contribution in [0.5, 0.6) is 0 Å². The normalized spacial score (nSPS) is 8.93. The maximum Gasteiger partial charge on any atom is 0.0408 e. The van der Waals surface area contributed by atoms with Gasteiger partial charge in [0.2, 0.25) is 0 Å². The molecule has 1 rings (SSSR count). The third kappa shape index (κ3) is 2.87. The van der Waals surface area contributed by atoms with Crippen LogP contribution in [0.3, 0.4) is 0 Å². The van der Waals surface area contributed by atoms with E-state index in [4.69, 9.17) is 11.1 Å². The summed E-state index contributed by atoms with van der Waals surface area (Å²) in [7, 11) is 0. The van der Waals surface area contributed by atoms with E-state index in [2.05, 4.69) is 0 Å². The second-order valence-electron chi connectivity index (χ2n) is 3.15. The third-order valence-electron chi connectivity index (χ3n) is 2.07. The first-order chi connectivity index (χ1) is 6.52. The predicted octanol–water partition coefficient (Wildman–Crippen LogP) is 3.30. The van der Waals surface area contributed by atoms with Crippen LogP contribution in [0.2, 0.25) is 0 Å². The summed E-state index contributed by atoms with van der Waals surface area (Å²) in [6.07, 6.45) is 0. The van der Waals surface area contributed by atoms with Crippen LogP contribution in [0, 0.1) is 19.3 Å². The molecule has 0 radical (unpaired) electrons. The van der Waals surface area contributed by atoms with Crippen molar-refractivity contribution in [1.29, 1.82) is 5.41 Å². The van der Waals surface area contributed by atoms with Gasteiger partial charge in [-0.05, 0) is 44.0 Å². The van der Waals surface area contributed by atoms with Crippen molar-refractivity contribution in [3.05, 3.63) is 28.8 Å². The summed E-state index contributed by atoms with van der Waals surface area (Å²) < 4.78 is 0. The van der Waals surface area contributed by atoms with E-state index in [-0.39, 0.29) is 0 Å². The zero-order valence-electron chi connectivity index (χ0n) is 9.73. The second kappa shape index (κ2) is 5.43. The number of nitrogens with two attached hydrogens (primary N) is 1. The van der Waals surface area contributed by atoms with Gasteiger partial charge in [-0.3, -0.25) is 0 Å². The Kier molecular flexibility index (Phi) is 4.92. The summed E-state index contributed by atoms with van der Waals surface area (Å²) in [4.78, 5) is 0. The van der Waals surface area contributed by atoms with Crippen molar-refractivity contribution in [1.82, 2.24) is 0 Å². The van der Waals surface area contributed by atoms with Crippen molar-refractivity contribution in [3.63, 3.8) is 0 Å². The summed E-state index contributed by atoms with van der Waals surface area (Å²) >= 11 is 0. The summed E-state index contributed by atoms with van der Waals surface area (Å²) in [6.45, 7) is 9.80. The van der Waals surface area contributed by atoms with Gasteiger partial charge in [0.25, 0.3) is 0 Å². The van der Waals surface area contributed by atoms with Gasteiger partial charge in [0, 0.05) is 17.0 Å². The molecule has 78 valence electrons.